The number of rotatable bonds is 12. The van der Waals surface area contributed by atoms with E-state index in [1.165, 1.54) is 26.0 Å². The van der Waals surface area contributed by atoms with Crippen molar-refractivity contribution in [2.45, 2.75) is 50.3 Å². The molecular formula is C28H36N2O10S. The van der Waals surface area contributed by atoms with Gasteiger partial charge in [0.25, 0.3) is 0 Å². The topological polar surface area (TPSA) is 151 Å². The van der Waals surface area contributed by atoms with Crippen LogP contribution in [0.25, 0.3) is 0 Å². The Morgan fingerprint density at radius 3 is 2.32 bits per heavy atom. The van der Waals surface area contributed by atoms with Gasteiger partial charge in [0.1, 0.15) is 24.0 Å². The van der Waals surface area contributed by atoms with Crippen molar-refractivity contribution < 1.29 is 47.9 Å². The zero-order chi connectivity index (χ0) is 30.0. The van der Waals surface area contributed by atoms with Crippen molar-refractivity contribution in [3.05, 3.63) is 53.6 Å². The maximum absolute atomic E-state index is 12.7. The summed E-state index contributed by atoms with van der Waals surface area (Å²) in [6.45, 7) is 4.71. The van der Waals surface area contributed by atoms with Gasteiger partial charge in [-0.05, 0) is 32.4 Å². The van der Waals surface area contributed by atoms with Crippen molar-refractivity contribution in [2.75, 3.05) is 33.4 Å². The number of hydrogen-bond donors (Lipinski definition) is 3. The monoisotopic (exact) mass is 592 g/mol. The summed E-state index contributed by atoms with van der Waals surface area (Å²) >= 11 is 1.17. The maximum atomic E-state index is 12.7. The molecule has 0 saturated heterocycles. The van der Waals surface area contributed by atoms with Crippen molar-refractivity contribution in [1.82, 2.24) is 10.6 Å². The summed E-state index contributed by atoms with van der Waals surface area (Å²) in [6.07, 6.45) is -1.55. The van der Waals surface area contributed by atoms with Crippen LogP contribution in [0.5, 0.6) is 17.2 Å². The molecule has 0 radical (unpaired) electrons. The number of benzene rings is 2. The van der Waals surface area contributed by atoms with E-state index in [1.807, 2.05) is 18.2 Å². The lowest BCUT2D eigenvalue weighted by atomic mass is 10.0. The number of aliphatic hydroxyl groups excluding tert-OH is 1. The molecule has 2 amide bonds. The molecule has 3 N–H and O–H groups in total. The van der Waals surface area contributed by atoms with E-state index < -0.39 is 47.7 Å². The zero-order valence-electron chi connectivity index (χ0n) is 23.6. The van der Waals surface area contributed by atoms with Crippen LogP contribution in [0.2, 0.25) is 0 Å². The van der Waals surface area contributed by atoms with Gasteiger partial charge in [-0.3, -0.25) is 0 Å². The molecule has 3 atom stereocenters. The number of alkyl carbamates (subject to hydrolysis) is 2. The van der Waals surface area contributed by atoms with Crippen molar-refractivity contribution in [2.24, 2.45) is 0 Å². The van der Waals surface area contributed by atoms with E-state index in [4.69, 9.17) is 28.4 Å². The molecule has 13 heteroatoms. The van der Waals surface area contributed by atoms with Gasteiger partial charge in [0.2, 0.25) is 6.79 Å². The van der Waals surface area contributed by atoms with Gasteiger partial charge in [0.15, 0.2) is 11.5 Å². The number of fused-ring (bicyclic) bond motifs is 1. The van der Waals surface area contributed by atoms with E-state index in [0.29, 0.717) is 22.8 Å². The number of thioether (sulfide) groups is 1. The first-order valence-corrected chi connectivity index (χ1v) is 13.8. The minimum Gasteiger partial charge on any atom is -0.496 e. The molecule has 41 heavy (non-hydrogen) atoms. The molecule has 224 valence electrons. The Kier molecular flexibility index (Phi) is 11.4. The fourth-order valence-electron chi connectivity index (χ4n) is 3.85. The van der Waals surface area contributed by atoms with Crippen LogP contribution in [0.4, 0.5) is 9.59 Å². The van der Waals surface area contributed by atoms with Crippen molar-refractivity contribution in [1.29, 1.82) is 0 Å². The minimum absolute atomic E-state index is 0.0110. The maximum Gasteiger partial charge on any atom is 0.408 e. The lowest BCUT2D eigenvalue weighted by Gasteiger charge is -2.30. The first-order valence-electron chi connectivity index (χ1n) is 12.8. The third kappa shape index (κ3) is 9.35. The van der Waals surface area contributed by atoms with Crippen molar-refractivity contribution >= 4 is 29.9 Å². The number of methoxy groups -OCH3 is 2. The molecule has 0 bridgehead atoms. The molecule has 0 spiro atoms. The normalized spacial score (nSPS) is 14.3. The number of nitrogens with one attached hydrogen (secondary N) is 2. The Morgan fingerprint density at radius 1 is 1.02 bits per heavy atom. The molecule has 0 saturated carbocycles. The second-order valence-corrected chi connectivity index (χ2v) is 11.1. The molecule has 12 nitrogen and oxygen atoms in total. The highest BCUT2D eigenvalue weighted by atomic mass is 32.2. The van der Waals surface area contributed by atoms with Crippen LogP contribution >= 0.6 is 11.8 Å². The van der Waals surface area contributed by atoms with Crippen LogP contribution in [-0.4, -0.2) is 74.3 Å². The van der Waals surface area contributed by atoms with Crippen LogP contribution in [0.3, 0.4) is 0 Å². The molecule has 2 aromatic rings. The lowest BCUT2D eigenvalue weighted by molar-refractivity contribution is -0.142. The SMILES string of the molecule is COC(=O)[C@H](CS[C@H](c1cc2c(cc1OC)OCO2)[C@@H](CO)NC(=O)OC(C)(C)C)NC(=O)OCc1ccccc1. The van der Waals surface area contributed by atoms with E-state index in [-0.39, 0.29) is 19.2 Å². The minimum atomic E-state index is -1.11. The van der Waals surface area contributed by atoms with Gasteiger partial charge < -0.3 is 44.2 Å². The van der Waals surface area contributed by atoms with Crippen LogP contribution in [0.1, 0.15) is 37.1 Å². The standard InChI is InChI=1S/C28H36N2O10S/c1-28(2,3)40-27(34)29-19(13-31)24(18-11-22-23(39-16-38-22)12-21(18)35-4)41-15-20(25(32)36-5)30-26(33)37-14-17-9-7-6-8-10-17/h6-12,19-20,24,31H,13-16H2,1-5H3,(H,29,34)(H,30,33)/t19-,20+,24-/m1/s1. The Hall–Kier alpha value is -3.84. The zero-order valence-corrected chi connectivity index (χ0v) is 24.4. The van der Waals surface area contributed by atoms with Gasteiger partial charge in [0.05, 0.1) is 32.1 Å². The summed E-state index contributed by atoms with van der Waals surface area (Å²) in [5.41, 5.74) is 0.552. The van der Waals surface area contributed by atoms with Crippen LogP contribution in [0.15, 0.2) is 42.5 Å². The molecule has 1 aliphatic rings. The second kappa shape index (κ2) is 14.7. The molecule has 0 unspecified atom stereocenters. The number of amides is 2. The van der Waals surface area contributed by atoms with Gasteiger partial charge in [0, 0.05) is 17.4 Å². The van der Waals surface area contributed by atoms with Gasteiger partial charge in [-0.2, -0.15) is 0 Å². The molecule has 3 rings (SSSR count). The second-order valence-electron chi connectivity index (χ2n) is 9.92. The Bertz CT molecular complexity index is 1190. The number of carbonyl (C=O) groups excluding carboxylic acids is 3. The highest BCUT2D eigenvalue weighted by molar-refractivity contribution is 7.99. The summed E-state index contributed by atoms with van der Waals surface area (Å²) in [5.74, 6) is 0.618. The van der Waals surface area contributed by atoms with E-state index in [1.54, 1.807) is 45.0 Å². The van der Waals surface area contributed by atoms with E-state index in [9.17, 15) is 19.5 Å². The quantitative estimate of drug-likeness (QED) is 0.245. The number of carbonyl (C=O) groups is 3. The molecule has 0 aromatic heterocycles. The molecule has 1 aliphatic heterocycles. The van der Waals surface area contributed by atoms with E-state index in [0.717, 1.165) is 5.56 Å². The largest absolute Gasteiger partial charge is 0.496 e. The lowest BCUT2D eigenvalue weighted by Crippen LogP contribution is -2.46. The number of esters is 1. The highest BCUT2D eigenvalue weighted by Crippen LogP contribution is 2.45. The average molecular weight is 593 g/mol. The van der Waals surface area contributed by atoms with Gasteiger partial charge >= 0.3 is 18.2 Å². The summed E-state index contributed by atoms with van der Waals surface area (Å²) in [5, 5.41) is 14.9. The summed E-state index contributed by atoms with van der Waals surface area (Å²) in [6, 6.07) is 10.4. The summed E-state index contributed by atoms with van der Waals surface area (Å²) < 4.78 is 32.1. The van der Waals surface area contributed by atoms with Crippen LogP contribution < -0.4 is 24.8 Å². The summed E-state index contributed by atoms with van der Waals surface area (Å²) in [4.78, 5) is 37.8. The highest BCUT2D eigenvalue weighted by Gasteiger charge is 2.33. The Balaban J connectivity index is 1.83. The predicted molar refractivity (Wildman–Crippen MR) is 150 cm³/mol. The average Bonchev–Trinajstić information content (AvgIpc) is 3.41. The number of aliphatic hydroxyl groups is 1. The molecule has 0 fully saturated rings. The molecule has 1 heterocycles. The van der Waals surface area contributed by atoms with Gasteiger partial charge in [-0.1, -0.05) is 30.3 Å². The van der Waals surface area contributed by atoms with Crippen LogP contribution in [-0.2, 0) is 25.6 Å². The Labute approximate surface area is 243 Å². The smallest absolute Gasteiger partial charge is 0.408 e. The van der Waals surface area contributed by atoms with E-state index >= 15 is 0 Å². The predicted octanol–water partition coefficient (Wildman–Crippen LogP) is 3.55. The molecular weight excluding hydrogens is 556 g/mol. The van der Waals surface area contributed by atoms with Gasteiger partial charge in [-0.25, -0.2) is 14.4 Å². The number of ether oxygens (including phenoxy) is 6. The fraction of sp³-hybridized carbons (Fsp3) is 0.464. The van der Waals surface area contributed by atoms with Gasteiger partial charge in [-0.15, -0.1) is 11.8 Å². The van der Waals surface area contributed by atoms with E-state index in [2.05, 4.69) is 10.6 Å². The first-order chi connectivity index (χ1) is 19.5. The van der Waals surface area contributed by atoms with Crippen molar-refractivity contribution in [3.8, 4) is 17.2 Å². The first kappa shape index (κ1) is 31.7. The van der Waals surface area contributed by atoms with Crippen LogP contribution in [0, 0.1) is 0 Å². The third-order valence-corrected chi connectivity index (χ3v) is 7.20. The van der Waals surface area contributed by atoms with Crippen molar-refractivity contribution in [3.63, 3.8) is 0 Å². The molecule has 2 aromatic carbocycles. The molecule has 0 aliphatic carbocycles. The summed E-state index contributed by atoms with van der Waals surface area (Å²) in [7, 11) is 2.68. The number of hydrogen-bond acceptors (Lipinski definition) is 11. The fourth-order valence-corrected chi connectivity index (χ4v) is 5.22. The Morgan fingerprint density at radius 2 is 1.71 bits per heavy atom. The third-order valence-electron chi connectivity index (χ3n) is 5.73.